The van der Waals surface area contributed by atoms with E-state index in [-0.39, 0.29) is 24.7 Å². The number of para-hydroxylation sites is 2. The average molecular weight is 487 g/mol. The highest BCUT2D eigenvalue weighted by Crippen LogP contribution is 2.26. The van der Waals surface area contributed by atoms with Crippen LogP contribution in [-0.4, -0.2) is 34.5 Å². The largest absolute Gasteiger partial charge is 0.491 e. The number of hydrogen-bond acceptors (Lipinski definition) is 6. The Morgan fingerprint density at radius 2 is 1.69 bits per heavy atom. The number of Topliss-reactive ketones (excluding diaryl/α,β-unsaturated/α-hetero) is 1. The Balaban J connectivity index is 1.32. The summed E-state index contributed by atoms with van der Waals surface area (Å²) in [6, 6.07) is 22.7. The van der Waals surface area contributed by atoms with Crippen molar-refractivity contribution in [2.45, 2.75) is 39.2 Å². The summed E-state index contributed by atoms with van der Waals surface area (Å²) in [6.07, 6.45) is 0.574. The van der Waals surface area contributed by atoms with E-state index in [1.54, 1.807) is 12.1 Å². The van der Waals surface area contributed by atoms with E-state index >= 15 is 0 Å². The van der Waals surface area contributed by atoms with E-state index in [1.165, 1.54) is 0 Å². The van der Waals surface area contributed by atoms with Crippen LogP contribution in [0.15, 0.2) is 77.2 Å². The number of ketones is 1. The monoisotopic (exact) mass is 486 g/mol. The van der Waals surface area contributed by atoms with Crippen molar-refractivity contribution in [3.63, 3.8) is 0 Å². The number of aromatic nitrogens is 1. The summed E-state index contributed by atoms with van der Waals surface area (Å²) in [5.41, 5.74) is 3.95. The Kier molecular flexibility index (Phi) is 8.00. The van der Waals surface area contributed by atoms with Crippen LogP contribution >= 0.6 is 0 Å². The Morgan fingerprint density at radius 3 is 2.36 bits per heavy atom. The number of carboxylic acids is 1. The van der Waals surface area contributed by atoms with Crippen molar-refractivity contribution in [2.24, 2.45) is 5.92 Å². The van der Waals surface area contributed by atoms with Gasteiger partial charge in [0.25, 0.3) is 0 Å². The molecule has 0 unspecified atom stereocenters. The quantitative estimate of drug-likeness (QED) is 0.222. The minimum absolute atomic E-state index is 0.000960. The molecule has 0 spiro atoms. The Hall–Kier alpha value is -4.13. The Morgan fingerprint density at radius 1 is 0.972 bits per heavy atom. The van der Waals surface area contributed by atoms with Crippen molar-refractivity contribution < 1.29 is 23.8 Å². The highest BCUT2D eigenvalue weighted by Gasteiger charge is 2.15. The third-order valence-corrected chi connectivity index (χ3v) is 5.98. The van der Waals surface area contributed by atoms with Gasteiger partial charge in [-0.15, -0.1) is 0 Å². The van der Waals surface area contributed by atoms with Gasteiger partial charge in [0.05, 0.1) is 6.04 Å². The van der Waals surface area contributed by atoms with Gasteiger partial charge in [-0.05, 0) is 73.0 Å². The number of carboxylic acid groups (broad SMARTS) is 1. The molecule has 7 heteroatoms. The molecular formula is C29H30N2O5. The predicted molar refractivity (Wildman–Crippen MR) is 139 cm³/mol. The maximum atomic E-state index is 12.2. The van der Waals surface area contributed by atoms with Crippen LogP contribution in [0.3, 0.4) is 0 Å². The number of rotatable bonds is 12. The number of benzene rings is 3. The first-order valence-corrected chi connectivity index (χ1v) is 12.1. The lowest BCUT2D eigenvalue weighted by atomic mass is 10.0. The van der Waals surface area contributed by atoms with E-state index in [0.717, 1.165) is 28.1 Å². The van der Waals surface area contributed by atoms with Gasteiger partial charge in [-0.3, -0.25) is 9.59 Å². The highest BCUT2D eigenvalue weighted by molar-refractivity contribution is 5.96. The van der Waals surface area contributed by atoms with Crippen molar-refractivity contribution in [3.8, 4) is 17.2 Å². The predicted octanol–water partition coefficient (Wildman–Crippen LogP) is 6.45. The fraction of sp³-hybridized carbons (Fsp3) is 0.276. The van der Waals surface area contributed by atoms with Crippen LogP contribution in [0, 0.1) is 5.92 Å². The van der Waals surface area contributed by atoms with Gasteiger partial charge in [0, 0.05) is 29.7 Å². The lowest BCUT2D eigenvalue weighted by molar-refractivity contribution is -0.137. The van der Waals surface area contributed by atoms with Crippen LogP contribution in [-0.2, 0) is 4.79 Å². The minimum Gasteiger partial charge on any atom is -0.491 e. The van der Waals surface area contributed by atoms with Gasteiger partial charge in [0.2, 0.25) is 5.89 Å². The zero-order valence-electron chi connectivity index (χ0n) is 20.4. The summed E-state index contributed by atoms with van der Waals surface area (Å²) in [5.74, 6) is 0.704. The van der Waals surface area contributed by atoms with E-state index in [9.17, 15) is 9.59 Å². The molecule has 0 saturated carbocycles. The number of aliphatic carboxylic acids is 1. The van der Waals surface area contributed by atoms with Gasteiger partial charge < -0.3 is 19.6 Å². The summed E-state index contributed by atoms with van der Waals surface area (Å²) in [5, 5.41) is 12.2. The van der Waals surface area contributed by atoms with Crippen LogP contribution in [0.2, 0.25) is 0 Å². The topological polar surface area (TPSA) is 102 Å². The molecule has 0 aliphatic carbocycles. The number of ether oxygens (including phenoxy) is 1. The number of nitrogens with one attached hydrogen (secondary N) is 1. The number of fused-ring (bicyclic) bond motifs is 1. The average Bonchev–Trinajstić information content (AvgIpc) is 3.31. The molecule has 1 heterocycles. The molecule has 0 aliphatic heterocycles. The molecule has 4 rings (SSSR count). The fourth-order valence-corrected chi connectivity index (χ4v) is 3.79. The summed E-state index contributed by atoms with van der Waals surface area (Å²) in [6.45, 7) is 4.71. The summed E-state index contributed by atoms with van der Waals surface area (Å²) in [4.78, 5) is 27.4. The molecule has 0 amide bonds. The summed E-state index contributed by atoms with van der Waals surface area (Å²) >= 11 is 0. The van der Waals surface area contributed by atoms with Crippen LogP contribution in [0.1, 0.15) is 43.5 Å². The standard InChI is InChI=1S/C29H30N2O5/c1-19(2)25(30-22-14-10-20(11-15-22)26(32)7-5-9-28(33)34)18-35-23-16-12-21(13-17-23)29-31-24-6-3-4-8-27(24)36-29/h3-4,6,8,10-17,19,25,30H,5,7,9,18H2,1-2H3,(H,33,34)/t25-/m0/s1. The van der Waals surface area contributed by atoms with Crippen molar-refractivity contribution in [2.75, 3.05) is 11.9 Å². The van der Waals surface area contributed by atoms with E-state index in [1.807, 2.05) is 60.7 Å². The van der Waals surface area contributed by atoms with Gasteiger partial charge >= 0.3 is 5.97 Å². The third-order valence-electron chi connectivity index (χ3n) is 5.98. The normalized spacial score (nSPS) is 12.0. The Labute approximate surface area is 210 Å². The third kappa shape index (κ3) is 6.50. The number of anilines is 1. The molecule has 186 valence electrons. The van der Waals surface area contributed by atoms with Gasteiger partial charge in [-0.2, -0.15) is 0 Å². The van der Waals surface area contributed by atoms with Crippen molar-refractivity contribution in [1.29, 1.82) is 0 Å². The minimum atomic E-state index is -0.886. The second-order valence-electron chi connectivity index (χ2n) is 9.06. The molecule has 0 radical (unpaired) electrons. The first-order valence-electron chi connectivity index (χ1n) is 12.1. The number of hydrogen-bond donors (Lipinski definition) is 2. The highest BCUT2D eigenvalue weighted by atomic mass is 16.5. The van der Waals surface area contributed by atoms with Gasteiger partial charge in [-0.1, -0.05) is 26.0 Å². The van der Waals surface area contributed by atoms with E-state index < -0.39 is 5.97 Å². The first kappa shape index (κ1) is 25.0. The fourth-order valence-electron chi connectivity index (χ4n) is 3.79. The number of carbonyl (C=O) groups excluding carboxylic acids is 1. The zero-order chi connectivity index (χ0) is 25.5. The smallest absolute Gasteiger partial charge is 0.303 e. The van der Waals surface area contributed by atoms with Crippen LogP contribution in [0.4, 0.5) is 5.69 Å². The molecule has 4 aromatic rings. The SMILES string of the molecule is CC(C)[C@H](COc1ccc(-c2nc3ccccc3o2)cc1)Nc1ccc(C(=O)CCCC(=O)O)cc1. The van der Waals surface area contributed by atoms with Crippen molar-refractivity contribution in [1.82, 2.24) is 4.98 Å². The molecule has 1 aromatic heterocycles. The number of oxazole rings is 1. The number of carbonyl (C=O) groups is 2. The maximum absolute atomic E-state index is 12.2. The molecule has 0 saturated heterocycles. The van der Waals surface area contributed by atoms with Crippen molar-refractivity contribution in [3.05, 3.63) is 78.4 Å². The molecule has 0 bridgehead atoms. The van der Waals surface area contributed by atoms with E-state index in [4.69, 9.17) is 14.3 Å². The molecule has 3 aromatic carbocycles. The van der Waals surface area contributed by atoms with Gasteiger partial charge in [0.15, 0.2) is 11.4 Å². The van der Waals surface area contributed by atoms with Gasteiger partial charge in [-0.25, -0.2) is 4.98 Å². The summed E-state index contributed by atoms with van der Waals surface area (Å²) < 4.78 is 11.9. The lowest BCUT2D eigenvalue weighted by Crippen LogP contribution is -2.32. The zero-order valence-corrected chi connectivity index (χ0v) is 20.4. The van der Waals surface area contributed by atoms with E-state index in [0.29, 0.717) is 30.4 Å². The van der Waals surface area contributed by atoms with E-state index in [2.05, 4.69) is 24.1 Å². The summed E-state index contributed by atoms with van der Waals surface area (Å²) in [7, 11) is 0. The molecular weight excluding hydrogens is 456 g/mol. The number of nitrogens with zero attached hydrogens (tertiary/aromatic N) is 1. The second-order valence-corrected chi connectivity index (χ2v) is 9.06. The molecule has 0 aliphatic rings. The van der Waals surface area contributed by atoms with Crippen molar-refractivity contribution >= 4 is 28.5 Å². The molecule has 1 atom stereocenters. The first-order chi connectivity index (χ1) is 17.4. The molecule has 36 heavy (non-hydrogen) atoms. The second kappa shape index (κ2) is 11.5. The molecule has 7 nitrogen and oxygen atoms in total. The molecule has 2 N–H and O–H groups in total. The van der Waals surface area contributed by atoms with Gasteiger partial charge in [0.1, 0.15) is 17.9 Å². The van der Waals surface area contributed by atoms with Crippen LogP contribution in [0.5, 0.6) is 5.75 Å². The lowest BCUT2D eigenvalue weighted by Gasteiger charge is -2.24. The molecule has 0 fully saturated rings. The maximum Gasteiger partial charge on any atom is 0.303 e. The Bertz CT molecular complexity index is 1280. The van der Waals surface area contributed by atoms with Crippen LogP contribution in [0.25, 0.3) is 22.6 Å². The van der Waals surface area contributed by atoms with Crippen LogP contribution < -0.4 is 10.1 Å².